The Morgan fingerprint density at radius 3 is 1.31 bits per heavy atom. The van der Waals surface area contributed by atoms with Crippen LogP contribution in [0, 0.1) is 0 Å². The third kappa shape index (κ3) is 30.6. The smallest absolute Gasteiger partial charge is 0.249 e. The molecule has 0 heterocycles. The molecule has 0 saturated carbocycles. The maximum absolute atomic E-state index is 12.5. The molecule has 0 aromatic carbocycles. The Morgan fingerprint density at radius 1 is 0.500 bits per heavy atom. The van der Waals surface area contributed by atoms with Gasteiger partial charge in [0.1, 0.15) is 12.2 Å². The number of carbonyl (C=O) groups is 1. The van der Waals surface area contributed by atoms with Gasteiger partial charge in [-0.3, -0.25) is 4.79 Å². The second kappa shape index (κ2) is 36.8. The van der Waals surface area contributed by atoms with Crippen molar-refractivity contribution in [2.45, 2.75) is 218 Å². The van der Waals surface area contributed by atoms with Crippen molar-refractivity contribution in [1.29, 1.82) is 0 Å². The minimum absolute atomic E-state index is 0.352. The second-order valence-corrected chi connectivity index (χ2v) is 14.0. The van der Waals surface area contributed by atoms with Crippen molar-refractivity contribution in [2.75, 3.05) is 6.61 Å². The molecule has 4 unspecified atom stereocenters. The summed E-state index contributed by atoms with van der Waals surface area (Å²) in [5.74, 6) is -0.604. The van der Waals surface area contributed by atoms with Gasteiger partial charge in [-0.05, 0) is 77.0 Å². The van der Waals surface area contributed by atoms with E-state index >= 15 is 0 Å². The maximum atomic E-state index is 12.5. The van der Waals surface area contributed by atoms with Crippen molar-refractivity contribution in [3.63, 3.8) is 0 Å². The lowest BCUT2D eigenvalue weighted by atomic mass is 10.00. The highest BCUT2D eigenvalue weighted by Crippen LogP contribution is 2.14. The molecule has 0 rings (SSSR count). The van der Waals surface area contributed by atoms with Crippen LogP contribution in [0.4, 0.5) is 0 Å². The van der Waals surface area contributed by atoms with Gasteiger partial charge < -0.3 is 25.7 Å². The van der Waals surface area contributed by atoms with Crippen molar-refractivity contribution in [1.82, 2.24) is 5.32 Å². The van der Waals surface area contributed by atoms with E-state index in [-0.39, 0.29) is 0 Å². The number of hydrogen-bond donors (Lipinski definition) is 5. The monoisotopic (exact) mass is 678 g/mol. The molecule has 0 radical (unpaired) electrons. The molecule has 4 atom stereocenters. The van der Waals surface area contributed by atoms with Crippen molar-refractivity contribution < 1.29 is 25.2 Å². The Kier molecular flexibility index (Phi) is 35.7. The standard InChI is InChI=1S/C42H79NO5/c1-3-5-7-9-11-13-15-17-19-21-23-25-27-29-31-33-35-39(45)41(47)38(37-44)43-42(48)40(46)36-34-32-30-28-26-24-22-20-18-16-14-12-10-8-6-4-2/h18-21,27,29,38-41,44-47H,3-17,22-26,28,30-37H2,1-2H3,(H,43,48)/b20-18-,21-19+,29-27+. The first-order valence-electron chi connectivity index (χ1n) is 20.4. The molecule has 48 heavy (non-hydrogen) atoms. The molecular weight excluding hydrogens is 598 g/mol. The quantitative estimate of drug-likeness (QED) is 0.0335. The molecule has 0 aliphatic carbocycles. The molecule has 0 bridgehead atoms. The number of amides is 1. The Balaban J connectivity index is 3.87. The van der Waals surface area contributed by atoms with Gasteiger partial charge in [0, 0.05) is 0 Å². The first kappa shape index (κ1) is 46.5. The average molecular weight is 678 g/mol. The van der Waals surface area contributed by atoms with Gasteiger partial charge in [-0.15, -0.1) is 0 Å². The maximum Gasteiger partial charge on any atom is 0.249 e. The number of aliphatic hydroxyl groups excluding tert-OH is 4. The lowest BCUT2D eigenvalue weighted by molar-refractivity contribution is -0.132. The van der Waals surface area contributed by atoms with Crippen LogP contribution < -0.4 is 5.32 Å². The topological polar surface area (TPSA) is 110 Å². The van der Waals surface area contributed by atoms with Crippen LogP contribution in [0.3, 0.4) is 0 Å². The molecule has 6 heteroatoms. The van der Waals surface area contributed by atoms with Gasteiger partial charge in [0.2, 0.25) is 5.91 Å². The zero-order valence-electron chi connectivity index (χ0n) is 31.5. The number of hydrogen-bond acceptors (Lipinski definition) is 5. The van der Waals surface area contributed by atoms with E-state index in [1.165, 1.54) is 109 Å². The van der Waals surface area contributed by atoms with Gasteiger partial charge in [-0.1, -0.05) is 153 Å². The van der Waals surface area contributed by atoms with Crippen LogP contribution in [0.1, 0.15) is 194 Å². The molecule has 0 aliphatic rings. The molecular formula is C42H79NO5. The summed E-state index contributed by atoms with van der Waals surface area (Å²) in [5.41, 5.74) is 0. The summed E-state index contributed by atoms with van der Waals surface area (Å²) in [5, 5.41) is 43.5. The zero-order chi connectivity index (χ0) is 35.3. The summed E-state index contributed by atoms with van der Waals surface area (Å²) in [6.45, 7) is 4.01. The van der Waals surface area contributed by atoms with E-state index in [4.69, 9.17) is 0 Å². The minimum Gasteiger partial charge on any atom is -0.394 e. The van der Waals surface area contributed by atoms with E-state index in [0.717, 1.165) is 51.4 Å². The van der Waals surface area contributed by atoms with Crippen LogP contribution in [0.15, 0.2) is 36.5 Å². The summed E-state index contributed by atoms with van der Waals surface area (Å²) in [6.07, 6.45) is 41.6. The number of allylic oxidation sites excluding steroid dienone is 6. The number of aliphatic hydroxyl groups is 4. The zero-order valence-corrected chi connectivity index (χ0v) is 31.5. The lowest BCUT2D eigenvalue weighted by Gasteiger charge is -2.27. The van der Waals surface area contributed by atoms with Gasteiger partial charge in [-0.2, -0.15) is 0 Å². The van der Waals surface area contributed by atoms with Crippen molar-refractivity contribution in [3.8, 4) is 0 Å². The van der Waals surface area contributed by atoms with Gasteiger partial charge in [-0.25, -0.2) is 0 Å². The molecule has 1 amide bonds. The predicted octanol–water partition coefficient (Wildman–Crippen LogP) is 10.2. The Hall–Kier alpha value is -1.47. The fourth-order valence-electron chi connectivity index (χ4n) is 6.00. The van der Waals surface area contributed by atoms with Crippen LogP contribution in [0.5, 0.6) is 0 Å². The van der Waals surface area contributed by atoms with Crippen molar-refractivity contribution in [3.05, 3.63) is 36.5 Å². The van der Waals surface area contributed by atoms with Gasteiger partial charge in [0.05, 0.1) is 18.8 Å². The normalized spacial score (nSPS) is 14.7. The number of carbonyl (C=O) groups excluding carboxylic acids is 1. The van der Waals surface area contributed by atoms with Gasteiger partial charge in [0.25, 0.3) is 0 Å². The molecule has 0 fully saturated rings. The van der Waals surface area contributed by atoms with Gasteiger partial charge in [0.15, 0.2) is 0 Å². The Bertz CT molecular complexity index is 767. The largest absolute Gasteiger partial charge is 0.394 e. The fraction of sp³-hybridized carbons (Fsp3) is 0.833. The van der Waals surface area contributed by atoms with Gasteiger partial charge >= 0.3 is 0 Å². The third-order valence-corrected chi connectivity index (χ3v) is 9.30. The molecule has 0 spiro atoms. The highest BCUT2D eigenvalue weighted by atomic mass is 16.3. The first-order chi connectivity index (χ1) is 23.5. The number of rotatable bonds is 36. The first-order valence-corrected chi connectivity index (χ1v) is 20.4. The lowest BCUT2D eigenvalue weighted by Crippen LogP contribution is -2.53. The summed E-state index contributed by atoms with van der Waals surface area (Å²) < 4.78 is 0. The fourth-order valence-corrected chi connectivity index (χ4v) is 6.00. The highest BCUT2D eigenvalue weighted by Gasteiger charge is 2.28. The second-order valence-electron chi connectivity index (χ2n) is 14.0. The molecule has 0 aromatic heterocycles. The summed E-state index contributed by atoms with van der Waals surface area (Å²) in [6, 6.07) is -1.01. The van der Waals surface area contributed by atoms with E-state index in [1.807, 2.05) is 0 Å². The molecule has 0 aliphatic heterocycles. The Labute approximate surface area is 297 Å². The van der Waals surface area contributed by atoms with Crippen LogP contribution >= 0.6 is 0 Å². The third-order valence-electron chi connectivity index (χ3n) is 9.30. The molecule has 5 N–H and O–H groups in total. The summed E-state index contributed by atoms with van der Waals surface area (Å²) in [4.78, 5) is 12.5. The van der Waals surface area contributed by atoms with Crippen LogP contribution in [-0.4, -0.2) is 57.3 Å². The van der Waals surface area contributed by atoms with Crippen LogP contribution in [0.2, 0.25) is 0 Å². The predicted molar refractivity (Wildman–Crippen MR) is 205 cm³/mol. The minimum atomic E-state index is -1.29. The van der Waals surface area contributed by atoms with E-state index in [1.54, 1.807) is 0 Å². The molecule has 0 aromatic rings. The SMILES string of the molecule is CCCCCCCC/C=C\CCCCCCCCC(O)C(=O)NC(CO)C(O)C(O)CCC/C=C/CC/C=C/CCCCCCCCC. The van der Waals surface area contributed by atoms with E-state index in [9.17, 15) is 25.2 Å². The number of nitrogens with one attached hydrogen (secondary N) is 1. The van der Waals surface area contributed by atoms with E-state index < -0.39 is 36.9 Å². The Morgan fingerprint density at radius 2 is 0.875 bits per heavy atom. The van der Waals surface area contributed by atoms with Crippen LogP contribution in [-0.2, 0) is 4.79 Å². The van der Waals surface area contributed by atoms with Crippen molar-refractivity contribution in [2.24, 2.45) is 0 Å². The molecule has 0 saturated heterocycles. The molecule has 6 nitrogen and oxygen atoms in total. The number of unbranched alkanes of at least 4 members (excludes halogenated alkanes) is 21. The average Bonchev–Trinajstić information content (AvgIpc) is 3.09. The van der Waals surface area contributed by atoms with Crippen LogP contribution in [0.25, 0.3) is 0 Å². The van der Waals surface area contributed by atoms with E-state index in [0.29, 0.717) is 19.3 Å². The van der Waals surface area contributed by atoms with E-state index in [2.05, 4.69) is 55.6 Å². The summed E-state index contributed by atoms with van der Waals surface area (Å²) >= 11 is 0. The summed E-state index contributed by atoms with van der Waals surface area (Å²) in [7, 11) is 0. The van der Waals surface area contributed by atoms with Crippen molar-refractivity contribution >= 4 is 5.91 Å². The molecule has 282 valence electrons. The highest BCUT2D eigenvalue weighted by molar-refractivity contribution is 5.80.